The third-order valence-electron chi connectivity index (χ3n) is 3.26. The van der Waals surface area contributed by atoms with Gasteiger partial charge in [0.1, 0.15) is 5.75 Å². The third-order valence-corrected chi connectivity index (χ3v) is 6.47. The number of benzene rings is 2. The van der Waals surface area contributed by atoms with E-state index in [0.717, 1.165) is 25.2 Å². The first-order valence-corrected chi connectivity index (χ1v) is 9.79. The predicted molar refractivity (Wildman–Crippen MR) is 103 cm³/mol. The van der Waals surface area contributed by atoms with Gasteiger partial charge in [-0.1, -0.05) is 25.6 Å². The van der Waals surface area contributed by atoms with Gasteiger partial charge in [0.2, 0.25) is 0 Å². The fourth-order valence-corrected chi connectivity index (χ4v) is 4.92. The van der Waals surface area contributed by atoms with Gasteiger partial charge in [-0.25, -0.2) is 0 Å². The number of hydrogen-bond donors (Lipinski definition) is 0. The van der Waals surface area contributed by atoms with Crippen LogP contribution in [0.4, 0.5) is 0 Å². The summed E-state index contributed by atoms with van der Waals surface area (Å²) < 4.78 is 7.54. The Bertz CT molecular complexity index is 651. The quantitative estimate of drug-likeness (QED) is 0.432. The number of halogens is 3. The third kappa shape index (κ3) is 4.22. The SMILES string of the molecule is COc1ccc(Sc2c(Br)cc(CCl)cc2Br)cc1C(C)C. The molecule has 22 heavy (non-hydrogen) atoms. The fourth-order valence-electron chi connectivity index (χ4n) is 2.13. The largest absolute Gasteiger partial charge is 0.496 e. The zero-order valence-corrected chi connectivity index (χ0v) is 17.4. The number of hydrogen-bond acceptors (Lipinski definition) is 2. The molecule has 2 aromatic carbocycles. The van der Waals surface area contributed by atoms with Crippen LogP contribution in [-0.4, -0.2) is 7.11 Å². The van der Waals surface area contributed by atoms with E-state index >= 15 is 0 Å². The van der Waals surface area contributed by atoms with Gasteiger partial charge in [-0.3, -0.25) is 0 Å². The minimum atomic E-state index is 0.418. The highest BCUT2D eigenvalue weighted by molar-refractivity contribution is 9.11. The van der Waals surface area contributed by atoms with Gasteiger partial charge in [-0.15, -0.1) is 11.6 Å². The number of rotatable bonds is 5. The molecular formula is C17H17Br2ClOS. The molecule has 0 aliphatic heterocycles. The lowest BCUT2D eigenvalue weighted by atomic mass is 10.0. The van der Waals surface area contributed by atoms with Crippen molar-refractivity contribution in [1.82, 2.24) is 0 Å². The maximum absolute atomic E-state index is 5.91. The zero-order valence-electron chi connectivity index (χ0n) is 12.6. The molecule has 0 saturated heterocycles. The second-order valence-electron chi connectivity index (χ2n) is 5.18. The topological polar surface area (TPSA) is 9.23 Å². The van der Waals surface area contributed by atoms with Crippen molar-refractivity contribution in [3.63, 3.8) is 0 Å². The predicted octanol–water partition coefficient (Wildman–Crippen LogP) is 7.23. The number of ether oxygens (including phenoxy) is 1. The minimum absolute atomic E-state index is 0.418. The monoisotopic (exact) mass is 462 g/mol. The number of methoxy groups -OCH3 is 1. The summed E-state index contributed by atoms with van der Waals surface area (Å²) in [5.41, 5.74) is 2.31. The van der Waals surface area contributed by atoms with Crippen molar-refractivity contribution in [2.75, 3.05) is 7.11 Å². The molecule has 0 atom stereocenters. The van der Waals surface area contributed by atoms with Gasteiger partial charge in [-0.2, -0.15) is 0 Å². The molecule has 0 heterocycles. The van der Waals surface area contributed by atoms with Gasteiger partial charge in [-0.05, 0) is 79.2 Å². The van der Waals surface area contributed by atoms with Crippen LogP contribution in [-0.2, 0) is 5.88 Å². The molecule has 2 aromatic rings. The summed E-state index contributed by atoms with van der Waals surface area (Å²) in [4.78, 5) is 2.33. The molecular weight excluding hydrogens is 448 g/mol. The van der Waals surface area contributed by atoms with E-state index in [2.05, 4.69) is 70.0 Å². The molecule has 0 aliphatic rings. The van der Waals surface area contributed by atoms with E-state index in [4.69, 9.17) is 16.3 Å². The Hall–Kier alpha value is -0.160. The van der Waals surface area contributed by atoms with Crippen molar-refractivity contribution in [3.8, 4) is 5.75 Å². The maximum Gasteiger partial charge on any atom is 0.122 e. The summed E-state index contributed by atoms with van der Waals surface area (Å²) >= 11 is 14.9. The molecule has 5 heteroatoms. The first-order chi connectivity index (χ1) is 10.5. The van der Waals surface area contributed by atoms with E-state index in [9.17, 15) is 0 Å². The first-order valence-electron chi connectivity index (χ1n) is 6.86. The Balaban J connectivity index is 2.37. The highest BCUT2D eigenvalue weighted by Crippen LogP contribution is 2.41. The highest BCUT2D eigenvalue weighted by Gasteiger charge is 2.13. The van der Waals surface area contributed by atoms with E-state index in [1.54, 1.807) is 18.9 Å². The highest BCUT2D eigenvalue weighted by atomic mass is 79.9. The molecule has 0 aliphatic carbocycles. The molecule has 1 nitrogen and oxygen atoms in total. The molecule has 0 bridgehead atoms. The van der Waals surface area contributed by atoms with Crippen LogP contribution in [0.3, 0.4) is 0 Å². The van der Waals surface area contributed by atoms with Crippen LogP contribution in [0.1, 0.15) is 30.9 Å². The zero-order chi connectivity index (χ0) is 16.3. The lowest BCUT2D eigenvalue weighted by Gasteiger charge is -2.14. The number of alkyl halides is 1. The molecule has 0 aromatic heterocycles. The van der Waals surface area contributed by atoms with Crippen molar-refractivity contribution >= 4 is 55.2 Å². The lowest BCUT2D eigenvalue weighted by Crippen LogP contribution is -1.94. The second kappa shape index (κ2) is 8.09. The van der Waals surface area contributed by atoms with Crippen molar-refractivity contribution in [1.29, 1.82) is 0 Å². The summed E-state index contributed by atoms with van der Waals surface area (Å²) in [5, 5.41) is 0. The average Bonchev–Trinajstić information content (AvgIpc) is 2.50. The van der Waals surface area contributed by atoms with Crippen LogP contribution < -0.4 is 4.74 Å². The Morgan fingerprint density at radius 1 is 1.14 bits per heavy atom. The van der Waals surface area contributed by atoms with Crippen molar-refractivity contribution in [3.05, 3.63) is 50.4 Å². The van der Waals surface area contributed by atoms with Crippen LogP contribution in [0.5, 0.6) is 5.75 Å². The maximum atomic E-state index is 5.91. The smallest absolute Gasteiger partial charge is 0.122 e. The average molecular weight is 465 g/mol. The molecule has 0 amide bonds. The summed E-state index contributed by atoms with van der Waals surface area (Å²) in [6, 6.07) is 10.4. The molecule has 0 fully saturated rings. The summed E-state index contributed by atoms with van der Waals surface area (Å²) in [7, 11) is 1.71. The summed E-state index contributed by atoms with van der Waals surface area (Å²) in [6.45, 7) is 4.35. The summed E-state index contributed by atoms with van der Waals surface area (Å²) in [5.74, 6) is 1.86. The normalized spacial score (nSPS) is 11.0. The van der Waals surface area contributed by atoms with Crippen LogP contribution >= 0.6 is 55.2 Å². The van der Waals surface area contributed by atoms with E-state index in [0.29, 0.717) is 11.8 Å². The van der Waals surface area contributed by atoms with Crippen molar-refractivity contribution < 1.29 is 4.74 Å². The Morgan fingerprint density at radius 2 is 1.77 bits per heavy atom. The first kappa shape index (κ1) is 18.2. The van der Waals surface area contributed by atoms with Gasteiger partial charge in [0.25, 0.3) is 0 Å². The second-order valence-corrected chi connectivity index (χ2v) is 8.24. The van der Waals surface area contributed by atoms with Crippen molar-refractivity contribution in [2.45, 2.75) is 35.4 Å². The van der Waals surface area contributed by atoms with E-state index in [-0.39, 0.29) is 0 Å². The van der Waals surface area contributed by atoms with Crippen LogP contribution in [0.2, 0.25) is 0 Å². The Morgan fingerprint density at radius 3 is 2.27 bits per heavy atom. The fraction of sp³-hybridized carbons (Fsp3) is 0.294. The molecule has 0 spiro atoms. The Labute approximate surface area is 158 Å². The standard InChI is InChI=1S/C17H17Br2ClOS/c1-10(2)13-8-12(4-5-16(13)21-3)22-17-14(18)6-11(9-20)7-15(17)19/h4-8,10H,9H2,1-3H3. The van der Waals surface area contributed by atoms with E-state index < -0.39 is 0 Å². The molecule has 2 rings (SSSR count). The van der Waals surface area contributed by atoms with Crippen molar-refractivity contribution in [2.24, 2.45) is 0 Å². The van der Waals surface area contributed by atoms with Gasteiger partial charge in [0.05, 0.1) is 7.11 Å². The van der Waals surface area contributed by atoms with Crippen LogP contribution in [0, 0.1) is 0 Å². The Kier molecular flexibility index (Phi) is 6.69. The van der Waals surface area contributed by atoms with Gasteiger partial charge < -0.3 is 4.74 Å². The molecule has 118 valence electrons. The van der Waals surface area contributed by atoms with Crippen LogP contribution in [0.25, 0.3) is 0 Å². The van der Waals surface area contributed by atoms with Crippen LogP contribution in [0.15, 0.2) is 49.1 Å². The molecule has 0 unspecified atom stereocenters. The van der Waals surface area contributed by atoms with Gasteiger partial charge in [0.15, 0.2) is 0 Å². The molecule has 0 saturated carbocycles. The summed E-state index contributed by atoms with van der Waals surface area (Å²) in [6.07, 6.45) is 0. The van der Waals surface area contributed by atoms with Gasteiger partial charge in [0, 0.05) is 24.6 Å². The van der Waals surface area contributed by atoms with Gasteiger partial charge >= 0.3 is 0 Å². The molecule has 0 N–H and O–H groups in total. The van der Waals surface area contributed by atoms with E-state index in [1.165, 1.54) is 10.5 Å². The molecule has 0 radical (unpaired) electrons. The minimum Gasteiger partial charge on any atom is -0.496 e. The lowest BCUT2D eigenvalue weighted by molar-refractivity contribution is 0.407. The van der Waals surface area contributed by atoms with E-state index in [1.807, 2.05) is 6.07 Å².